The number of carbonyl (C=O) groups excluding carboxylic acids is 1. The molecule has 0 saturated carbocycles. The number of rotatable bonds is 5. The van der Waals surface area contributed by atoms with Crippen molar-refractivity contribution < 1.29 is 17.9 Å². The minimum atomic E-state index is -3.61. The maximum Gasteiger partial charge on any atom is 0.240 e. The molecule has 1 heterocycles. The zero-order valence-corrected chi connectivity index (χ0v) is 15.5. The van der Waals surface area contributed by atoms with Gasteiger partial charge in [-0.3, -0.25) is 4.79 Å². The van der Waals surface area contributed by atoms with Gasteiger partial charge in [0.15, 0.2) is 0 Å². The van der Waals surface area contributed by atoms with E-state index in [9.17, 15) is 13.2 Å². The Morgan fingerprint density at radius 2 is 2.04 bits per heavy atom. The first-order valence-corrected chi connectivity index (χ1v) is 9.67. The Morgan fingerprint density at radius 1 is 1.33 bits per heavy atom. The van der Waals surface area contributed by atoms with Gasteiger partial charge in [0.2, 0.25) is 15.9 Å². The van der Waals surface area contributed by atoms with E-state index in [2.05, 4.69) is 4.72 Å². The van der Waals surface area contributed by atoms with Gasteiger partial charge in [-0.25, -0.2) is 13.1 Å². The zero-order chi connectivity index (χ0) is 17.9. The van der Waals surface area contributed by atoms with Crippen LogP contribution >= 0.6 is 0 Å². The Balaban J connectivity index is 1.95. The molecule has 1 saturated heterocycles. The van der Waals surface area contributed by atoms with Gasteiger partial charge in [-0.1, -0.05) is 12.1 Å². The van der Waals surface area contributed by atoms with Crippen molar-refractivity contribution >= 4 is 15.9 Å². The van der Waals surface area contributed by atoms with Crippen molar-refractivity contribution in [3.8, 4) is 0 Å². The quantitative estimate of drug-likeness (QED) is 0.872. The number of morpholine rings is 1. The molecule has 24 heavy (non-hydrogen) atoms. The van der Waals surface area contributed by atoms with Crippen molar-refractivity contribution in [2.24, 2.45) is 0 Å². The lowest BCUT2D eigenvalue weighted by molar-refractivity contribution is -0.143. The van der Waals surface area contributed by atoms with Crippen molar-refractivity contribution in [2.45, 2.75) is 51.2 Å². The monoisotopic (exact) mass is 354 g/mol. The first kappa shape index (κ1) is 18.9. The number of benzene rings is 1. The lowest BCUT2D eigenvalue weighted by Crippen LogP contribution is -2.50. The largest absolute Gasteiger partial charge is 0.375 e. The topological polar surface area (TPSA) is 75.7 Å². The van der Waals surface area contributed by atoms with Gasteiger partial charge in [0.05, 0.1) is 23.6 Å². The molecule has 6 nitrogen and oxygen atoms in total. The number of ether oxygens (including phenoxy) is 1. The van der Waals surface area contributed by atoms with E-state index < -0.39 is 10.0 Å². The minimum Gasteiger partial charge on any atom is -0.375 e. The molecule has 1 aromatic carbocycles. The van der Waals surface area contributed by atoms with Gasteiger partial charge in [0.1, 0.15) is 0 Å². The SMILES string of the molecule is Cc1ccc(C)c(S(=O)(=O)NCCC(=O)N2CC(C)OCC2C)c1. The van der Waals surface area contributed by atoms with E-state index in [0.717, 1.165) is 5.56 Å². The van der Waals surface area contributed by atoms with Gasteiger partial charge in [0.25, 0.3) is 0 Å². The Morgan fingerprint density at radius 3 is 2.75 bits per heavy atom. The number of amides is 1. The molecule has 0 radical (unpaired) electrons. The summed E-state index contributed by atoms with van der Waals surface area (Å²) in [5.41, 5.74) is 1.57. The van der Waals surface area contributed by atoms with Gasteiger partial charge >= 0.3 is 0 Å². The molecule has 1 amide bonds. The predicted molar refractivity (Wildman–Crippen MR) is 92.3 cm³/mol. The van der Waals surface area contributed by atoms with Gasteiger partial charge in [-0.2, -0.15) is 0 Å². The fraction of sp³-hybridized carbons (Fsp3) is 0.588. The summed E-state index contributed by atoms with van der Waals surface area (Å²) in [6, 6.07) is 5.32. The highest BCUT2D eigenvalue weighted by atomic mass is 32.2. The summed E-state index contributed by atoms with van der Waals surface area (Å²) in [4.78, 5) is 14.4. The summed E-state index contributed by atoms with van der Waals surface area (Å²) >= 11 is 0. The average Bonchev–Trinajstić information content (AvgIpc) is 2.51. The van der Waals surface area contributed by atoms with E-state index in [4.69, 9.17) is 4.74 Å². The summed E-state index contributed by atoms with van der Waals surface area (Å²) in [7, 11) is -3.61. The standard InChI is InChI=1S/C17H26N2O4S/c1-12-5-6-13(2)16(9-12)24(21,22)18-8-7-17(20)19-10-15(4)23-11-14(19)3/h5-6,9,14-15,18H,7-8,10-11H2,1-4H3. The molecule has 0 spiro atoms. The van der Waals surface area contributed by atoms with Gasteiger partial charge in [-0.15, -0.1) is 0 Å². The van der Waals surface area contributed by atoms with E-state index in [1.165, 1.54) is 0 Å². The molecule has 134 valence electrons. The molecule has 1 aliphatic heterocycles. The number of nitrogens with one attached hydrogen (secondary N) is 1. The summed E-state index contributed by atoms with van der Waals surface area (Å²) in [6.07, 6.45) is 0.151. The lowest BCUT2D eigenvalue weighted by atomic mass is 10.2. The number of hydrogen-bond acceptors (Lipinski definition) is 4. The van der Waals surface area contributed by atoms with Crippen molar-refractivity contribution in [3.63, 3.8) is 0 Å². The van der Waals surface area contributed by atoms with E-state index in [0.29, 0.717) is 18.7 Å². The van der Waals surface area contributed by atoms with Crippen LogP contribution in [0, 0.1) is 13.8 Å². The number of nitrogens with zero attached hydrogens (tertiary/aromatic N) is 1. The van der Waals surface area contributed by atoms with Crippen molar-refractivity contribution in [2.75, 3.05) is 19.7 Å². The van der Waals surface area contributed by atoms with Gasteiger partial charge < -0.3 is 9.64 Å². The van der Waals surface area contributed by atoms with E-state index in [-0.39, 0.29) is 35.9 Å². The third-order valence-electron chi connectivity index (χ3n) is 4.19. The molecule has 7 heteroatoms. The van der Waals surface area contributed by atoms with Crippen LogP contribution in [0.25, 0.3) is 0 Å². The molecule has 1 aliphatic rings. The predicted octanol–water partition coefficient (Wildman–Crippen LogP) is 1.61. The van der Waals surface area contributed by atoms with Crippen molar-refractivity contribution in [1.82, 2.24) is 9.62 Å². The van der Waals surface area contributed by atoms with Crippen LogP contribution in [0.2, 0.25) is 0 Å². The first-order chi connectivity index (χ1) is 11.2. The van der Waals surface area contributed by atoms with E-state index in [1.807, 2.05) is 26.8 Å². The van der Waals surface area contributed by atoms with Gasteiger partial charge in [0, 0.05) is 19.5 Å². The molecule has 1 fully saturated rings. The molecule has 0 aromatic heterocycles. The molecule has 1 aromatic rings. The van der Waals surface area contributed by atoms with E-state index >= 15 is 0 Å². The Labute approximate surface area is 144 Å². The summed E-state index contributed by atoms with van der Waals surface area (Å²) < 4.78 is 32.9. The highest BCUT2D eigenvalue weighted by molar-refractivity contribution is 7.89. The third kappa shape index (κ3) is 4.55. The number of sulfonamides is 1. The molecular weight excluding hydrogens is 328 g/mol. The maximum absolute atomic E-state index is 12.4. The summed E-state index contributed by atoms with van der Waals surface area (Å²) in [6.45, 7) is 8.62. The Hall–Kier alpha value is -1.44. The zero-order valence-electron chi connectivity index (χ0n) is 14.7. The van der Waals surface area contributed by atoms with Crippen LogP contribution in [0.3, 0.4) is 0 Å². The fourth-order valence-electron chi connectivity index (χ4n) is 2.76. The number of aryl methyl sites for hydroxylation is 2. The minimum absolute atomic E-state index is 0.0109. The van der Waals surface area contributed by atoms with Crippen LogP contribution in [0.5, 0.6) is 0 Å². The molecule has 2 atom stereocenters. The fourth-order valence-corrected chi connectivity index (χ4v) is 4.12. The third-order valence-corrected chi connectivity index (χ3v) is 5.80. The molecule has 2 unspecified atom stereocenters. The average molecular weight is 354 g/mol. The first-order valence-electron chi connectivity index (χ1n) is 8.18. The van der Waals surface area contributed by atoms with Crippen LogP contribution in [0.1, 0.15) is 31.4 Å². The number of hydrogen-bond donors (Lipinski definition) is 1. The second-order valence-corrected chi connectivity index (χ2v) is 8.19. The molecule has 1 N–H and O–H groups in total. The smallest absolute Gasteiger partial charge is 0.240 e. The molecule has 0 aliphatic carbocycles. The molecular formula is C17H26N2O4S. The highest BCUT2D eigenvalue weighted by Gasteiger charge is 2.27. The van der Waals surface area contributed by atoms with Crippen molar-refractivity contribution in [1.29, 1.82) is 0 Å². The van der Waals surface area contributed by atoms with E-state index in [1.54, 1.807) is 24.0 Å². The van der Waals surface area contributed by atoms with Crippen LogP contribution in [-0.4, -0.2) is 51.1 Å². The Bertz CT molecular complexity index is 703. The van der Waals surface area contributed by atoms with Gasteiger partial charge in [-0.05, 0) is 44.9 Å². The second kappa shape index (κ2) is 7.63. The highest BCUT2D eigenvalue weighted by Crippen LogP contribution is 2.17. The number of carbonyl (C=O) groups is 1. The van der Waals surface area contributed by atoms with Crippen LogP contribution in [0.4, 0.5) is 0 Å². The summed E-state index contributed by atoms with van der Waals surface area (Å²) in [5, 5.41) is 0. The second-order valence-electron chi connectivity index (χ2n) is 6.46. The van der Waals surface area contributed by atoms with Crippen molar-refractivity contribution in [3.05, 3.63) is 29.3 Å². The lowest BCUT2D eigenvalue weighted by Gasteiger charge is -2.36. The maximum atomic E-state index is 12.4. The molecule has 0 bridgehead atoms. The molecule has 2 rings (SSSR count). The summed E-state index contributed by atoms with van der Waals surface area (Å²) in [5.74, 6) is -0.0543. The van der Waals surface area contributed by atoms with Crippen LogP contribution in [0.15, 0.2) is 23.1 Å². The van der Waals surface area contributed by atoms with Crippen LogP contribution in [-0.2, 0) is 19.6 Å². The Kier molecular flexibility index (Phi) is 6.01. The normalized spacial score (nSPS) is 21.8. The van der Waals surface area contributed by atoms with Crippen LogP contribution < -0.4 is 4.72 Å².